The van der Waals surface area contributed by atoms with Crippen molar-refractivity contribution in [2.45, 2.75) is 32.2 Å². The predicted octanol–water partition coefficient (Wildman–Crippen LogP) is 2.51. The van der Waals surface area contributed by atoms with E-state index in [0.717, 1.165) is 26.1 Å². The van der Waals surface area contributed by atoms with Crippen LogP contribution in [0.25, 0.3) is 0 Å². The van der Waals surface area contributed by atoms with Crippen LogP contribution in [0.4, 0.5) is 4.39 Å². The maximum Gasteiger partial charge on any atom is 0.126 e. The third kappa shape index (κ3) is 4.73. The Morgan fingerprint density at radius 1 is 1.38 bits per heavy atom. The van der Waals surface area contributed by atoms with Crippen LogP contribution in [0.15, 0.2) is 24.3 Å². The summed E-state index contributed by atoms with van der Waals surface area (Å²) in [4.78, 5) is 0. The zero-order valence-electron chi connectivity index (χ0n) is 9.79. The van der Waals surface area contributed by atoms with Gasteiger partial charge in [-0.15, -0.1) is 0 Å². The molecule has 0 amide bonds. The fourth-order valence-electron chi connectivity index (χ4n) is 1.64. The molecule has 0 bridgehead atoms. The van der Waals surface area contributed by atoms with E-state index < -0.39 is 0 Å². The molecule has 0 saturated heterocycles. The number of ether oxygens (including phenoxy) is 1. The van der Waals surface area contributed by atoms with Crippen molar-refractivity contribution in [3.05, 3.63) is 35.6 Å². The summed E-state index contributed by atoms with van der Waals surface area (Å²) >= 11 is 0. The molecule has 0 radical (unpaired) electrons. The monoisotopic (exact) mass is 225 g/mol. The number of benzene rings is 1. The van der Waals surface area contributed by atoms with Crippen LogP contribution in [0.5, 0.6) is 0 Å². The summed E-state index contributed by atoms with van der Waals surface area (Å²) in [6.07, 6.45) is 2.40. The standard InChI is InChI=1S/C13H20FNO/c1-2-16-9-5-7-12(15)10-11-6-3-4-8-13(11)14/h3-4,6,8,12H,2,5,7,9-10,15H2,1H3. The largest absolute Gasteiger partial charge is 0.382 e. The Labute approximate surface area is 96.6 Å². The molecule has 1 aromatic carbocycles. The number of nitrogens with two attached hydrogens (primary N) is 1. The summed E-state index contributed by atoms with van der Waals surface area (Å²) in [6, 6.07) is 6.81. The molecule has 90 valence electrons. The van der Waals surface area contributed by atoms with Crippen LogP contribution in [-0.4, -0.2) is 19.3 Å². The molecule has 3 heteroatoms. The molecule has 2 N–H and O–H groups in total. The second-order valence-corrected chi connectivity index (χ2v) is 3.89. The highest BCUT2D eigenvalue weighted by atomic mass is 19.1. The quantitative estimate of drug-likeness (QED) is 0.724. The molecule has 0 fully saturated rings. The molecular weight excluding hydrogens is 205 g/mol. The zero-order chi connectivity index (χ0) is 11.8. The summed E-state index contributed by atoms with van der Waals surface area (Å²) in [5.41, 5.74) is 6.63. The van der Waals surface area contributed by atoms with E-state index in [1.807, 2.05) is 13.0 Å². The molecule has 0 aliphatic heterocycles. The smallest absolute Gasteiger partial charge is 0.126 e. The molecule has 0 saturated carbocycles. The number of hydrogen-bond acceptors (Lipinski definition) is 2. The van der Waals surface area contributed by atoms with Gasteiger partial charge in [0, 0.05) is 19.3 Å². The van der Waals surface area contributed by atoms with Gasteiger partial charge >= 0.3 is 0 Å². The lowest BCUT2D eigenvalue weighted by molar-refractivity contribution is 0.142. The topological polar surface area (TPSA) is 35.2 Å². The Morgan fingerprint density at radius 3 is 2.81 bits per heavy atom. The zero-order valence-corrected chi connectivity index (χ0v) is 9.79. The summed E-state index contributed by atoms with van der Waals surface area (Å²) < 4.78 is 18.5. The molecule has 1 aromatic rings. The van der Waals surface area contributed by atoms with Crippen molar-refractivity contribution in [3.63, 3.8) is 0 Å². The summed E-state index contributed by atoms with van der Waals surface area (Å²) in [7, 11) is 0. The van der Waals surface area contributed by atoms with Gasteiger partial charge in [0.25, 0.3) is 0 Å². The van der Waals surface area contributed by atoms with E-state index >= 15 is 0 Å². The first-order chi connectivity index (χ1) is 7.74. The van der Waals surface area contributed by atoms with E-state index in [9.17, 15) is 4.39 Å². The minimum atomic E-state index is -0.164. The van der Waals surface area contributed by atoms with E-state index in [1.54, 1.807) is 12.1 Å². The fraction of sp³-hybridized carbons (Fsp3) is 0.538. The van der Waals surface area contributed by atoms with Crippen LogP contribution in [0.1, 0.15) is 25.3 Å². The molecule has 2 nitrogen and oxygen atoms in total. The predicted molar refractivity (Wildman–Crippen MR) is 63.8 cm³/mol. The molecule has 0 spiro atoms. The Kier molecular flexibility index (Phi) is 6.04. The van der Waals surface area contributed by atoms with Gasteiger partial charge in [0.1, 0.15) is 5.82 Å². The van der Waals surface area contributed by atoms with E-state index in [-0.39, 0.29) is 11.9 Å². The van der Waals surface area contributed by atoms with Crippen molar-refractivity contribution in [2.24, 2.45) is 5.73 Å². The second-order valence-electron chi connectivity index (χ2n) is 3.89. The number of hydrogen-bond donors (Lipinski definition) is 1. The molecule has 0 heterocycles. The van der Waals surface area contributed by atoms with Crippen molar-refractivity contribution in [2.75, 3.05) is 13.2 Å². The highest BCUT2D eigenvalue weighted by Crippen LogP contribution is 2.10. The van der Waals surface area contributed by atoms with Gasteiger partial charge in [-0.25, -0.2) is 4.39 Å². The number of rotatable bonds is 7. The molecule has 16 heavy (non-hydrogen) atoms. The summed E-state index contributed by atoms with van der Waals surface area (Å²) in [5.74, 6) is -0.164. The van der Waals surface area contributed by atoms with E-state index in [4.69, 9.17) is 10.5 Å². The minimum Gasteiger partial charge on any atom is -0.382 e. The first kappa shape index (κ1) is 13.1. The van der Waals surface area contributed by atoms with Gasteiger partial charge in [-0.05, 0) is 37.8 Å². The van der Waals surface area contributed by atoms with Gasteiger partial charge in [0.2, 0.25) is 0 Å². The van der Waals surface area contributed by atoms with Crippen LogP contribution in [-0.2, 0) is 11.2 Å². The van der Waals surface area contributed by atoms with Gasteiger partial charge in [-0.2, -0.15) is 0 Å². The fourth-order valence-corrected chi connectivity index (χ4v) is 1.64. The molecule has 1 rings (SSSR count). The highest BCUT2D eigenvalue weighted by molar-refractivity contribution is 5.18. The maximum atomic E-state index is 13.3. The lowest BCUT2D eigenvalue weighted by atomic mass is 10.0. The minimum absolute atomic E-state index is 0.0114. The Hall–Kier alpha value is -0.930. The SMILES string of the molecule is CCOCCCC(N)Cc1ccccc1F. The van der Waals surface area contributed by atoms with E-state index in [2.05, 4.69) is 0 Å². The van der Waals surface area contributed by atoms with E-state index in [0.29, 0.717) is 12.0 Å². The van der Waals surface area contributed by atoms with Gasteiger partial charge in [-0.3, -0.25) is 0 Å². The average molecular weight is 225 g/mol. The Balaban J connectivity index is 2.28. The van der Waals surface area contributed by atoms with Gasteiger partial charge in [-0.1, -0.05) is 18.2 Å². The van der Waals surface area contributed by atoms with Crippen molar-refractivity contribution in [3.8, 4) is 0 Å². The second kappa shape index (κ2) is 7.36. The number of halogens is 1. The van der Waals surface area contributed by atoms with E-state index in [1.165, 1.54) is 6.07 Å². The third-order valence-corrected chi connectivity index (χ3v) is 2.51. The van der Waals surface area contributed by atoms with Crippen LogP contribution in [0, 0.1) is 5.82 Å². The van der Waals surface area contributed by atoms with Crippen molar-refractivity contribution in [1.82, 2.24) is 0 Å². The van der Waals surface area contributed by atoms with Gasteiger partial charge in [0.05, 0.1) is 0 Å². The first-order valence-electron chi connectivity index (χ1n) is 5.80. The summed E-state index contributed by atoms with van der Waals surface area (Å²) in [5, 5.41) is 0. The molecule has 0 aromatic heterocycles. The lowest BCUT2D eigenvalue weighted by Gasteiger charge is -2.11. The lowest BCUT2D eigenvalue weighted by Crippen LogP contribution is -2.23. The Morgan fingerprint density at radius 2 is 2.12 bits per heavy atom. The molecule has 0 aliphatic carbocycles. The molecular formula is C13H20FNO. The van der Waals surface area contributed by atoms with Crippen LogP contribution < -0.4 is 5.73 Å². The van der Waals surface area contributed by atoms with Gasteiger partial charge < -0.3 is 10.5 Å². The van der Waals surface area contributed by atoms with Crippen LogP contribution in [0.3, 0.4) is 0 Å². The van der Waals surface area contributed by atoms with Gasteiger partial charge in [0.15, 0.2) is 0 Å². The average Bonchev–Trinajstić information content (AvgIpc) is 2.28. The van der Waals surface area contributed by atoms with Crippen molar-refractivity contribution >= 4 is 0 Å². The van der Waals surface area contributed by atoms with Crippen LogP contribution >= 0.6 is 0 Å². The summed E-state index contributed by atoms with van der Waals surface area (Å²) in [6.45, 7) is 3.45. The highest BCUT2D eigenvalue weighted by Gasteiger charge is 2.07. The van der Waals surface area contributed by atoms with Crippen molar-refractivity contribution in [1.29, 1.82) is 0 Å². The van der Waals surface area contributed by atoms with Crippen molar-refractivity contribution < 1.29 is 9.13 Å². The third-order valence-electron chi connectivity index (χ3n) is 2.51. The van der Waals surface area contributed by atoms with Crippen LogP contribution in [0.2, 0.25) is 0 Å². The normalized spacial score (nSPS) is 12.7. The Bertz CT molecular complexity index is 304. The maximum absolute atomic E-state index is 13.3. The molecule has 0 aliphatic rings. The molecule has 1 atom stereocenters. The first-order valence-corrected chi connectivity index (χ1v) is 5.80. The molecule has 1 unspecified atom stereocenters.